The van der Waals surface area contributed by atoms with Crippen molar-refractivity contribution in [3.05, 3.63) is 75.6 Å². The average Bonchev–Trinajstić information content (AvgIpc) is 2.67. The number of halogens is 2. The van der Waals surface area contributed by atoms with Gasteiger partial charge < -0.3 is 9.72 Å². The highest BCUT2D eigenvalue weighted by Crippen LogP contribution is 2.24. The van der Waals surface area contributed by atoms with Crippen LogP contribution < -0.4 is 10.3 Å². The first kappa shape index (κ1) is 18.6. The molecule has 0 aliphatic carbocycles. The summed E-state index contributed by atoms with van der Waals surface area (Å²) in [5.41, 5.74) is 0.932. The zero-order chi connectivity index (χ0) is 19.4. The molecule has 0 spiro atoms. The summed E-state index contributed by atoms with van der Waals surface area (Å²) < 4.78 is 32.4. The number of H-pyrrole nitrogens is 1. The van der Waals surface area contributed by atoms with Crippen LogP contribution in [0.1, 0.15) is 11.1 Å². The summed E-state index contributed by atoms with van der Waals surface area (Å²) in [6.45, 7) is -0.0396. The molecule has 0 saturated heterocycles. The Morgan fingerprint density at radius 2 is 1.85 bits per heavy atom. The molecule has 1 N–H and O–H groups in total. The van der Waals surface area contributed by atoms with Crippen LogP contribution in [0.3, 0.4) is 0 Å². The van der Waals surface area contributed by atoms with E-state index in [0.717, 1.165) is 12.1 Å². The molecule has 1 heterocycles. The van der Waals surface area contributed by atoms with Gasteiger partial charge in [0.25, 0.3) is 5.56 Å². The Kier molecular flexibility index (Phi) is 5.52. The number of hydrogen-bond acceptors (Lipinski definition) is 5. The predicted octanol–water partition coefficient (Wildman–Crippen LogP) is 3.89. The summed E-state index contributed by atoms with van der Waals surface area (Å²) in [7, 11) is 0. The Morgan fingerprint density at radius 1 is 1.19 bits per heavy atom. The van der Waals surface area contributed by atoms with Crippen LogP contribution in [-0.4, -0.2) is 16.2 Å². The number of ether oxygens (including phenoxy) is 1. The smallest absolute Gasteiger partial charge is 0.270 e. The molecule has 8 heteroatoms. The fourth-order valence-corrected chi connectivity index (χ4v) is 2.77. The van der Waals surface area contributed by atoms with Crippen molar-refractivity contribution in [2.45, 2.75) is 11.8 Å². The Hall–Kier alpha value is -3.18. The molecule has 0 radical (unpaired) electrons. The highest BCUT2D eigenvalue weighted by Gasteiger charge is 2.14. The molecule has 0 atom stereocenters. The SMILES string of the molecule is CSc1nc(-c2ccc(COc3c(F)cccc3F)cc2)c(C#N)c(=O)[nH]1. The van der Waals surface area contributed by atoms with Gasteiger partial charge in [-0.1, -0.05) is 42.1 Å². The van der Waals surface area contributed by atoms with Gasteiger partial charge in [0.2, 0.25) is 0 Å². The highest BCUT2D eigenvalue weighted by atomic mass is 32.2. The third-order valence-corrected chi connectivity index (χ3v) is 4.31. The van der Waals surface area contributed by atoms with Gasteiger partial charge in [0.15, 0.2) is 22.5 Å². The first-order valence-electron chi connectivity index (χ1n) is 7.78. The van der Waals surface area contributed by atoms with Gasteiger partial charge in [-0.15, -0.1) is 0 Å². The van der Waals surface area contributed by atoms with Crippen LogP contribution in [-0.2, 0) is 6.61 Å². The normalized spacial score (nSPS) is 10.4. The van der Waals surface area contributed by atoms with Gasteiger partial charge >= 0.3 is 0 Å². The van der Waals surface area contributed by atoms with Crippen LogP contribution in [0, 0.1) is 23.0 Å². The van der Waals surface area contributed by atoms with Crippen molar-refractivity contribution in [3.63, 3.8) is 0 Å². The van der Waals surface area contributed by atoms with Crippen molar-refractivity contribution in [2.75, 3.05) is 6.26 Å². The summed E-state index contributed by atoms with van der Waals surface area (Å²) >= 11 is 1.26. The standard InChI is InChI=1S/C19H13F2N3O2S/c1-27-19-23-16(13(9-22)18(25)24-19)12-7-5-11(6-8-12)10-26-17-14(20)3-2-4-15(17)21/h2-8H,10H2,1H3,(H,23,24,25). The maximum absolute atomic E-state index is 13.6. The van der Waals surface area contributed by atoms with Crippen LogP contribution in [0.5, 0.6) is 5.75 Å². The summed E-state index contributed by atoms with van der Waals surface area (Å²) in [6, 6.07) is 12.1. The quantitative estimate of drug-likeness (QED) is 0.533. The molecule has 2 aromatic carbocycles. The number of thioether (sulfide) groups is 1. The van der Waals surface area contributed by atoms with Gasteiger partial charge in [-0.25, -0.2) is 13.8 Å². The van der Waals surface area contributed by atoms with Gasteiger partial charge in [-0.05, 0) is 24.0 Å². The number of para-hydroxylation sites is 1. The van der Waals surface area contributed by atoms with Crippen LogP contribution in [0.4, 0.5) is 8.78 Å². The molecular weight excluding hydrogens is 372 g/mol. The number of aromatic amines is 1. The van der Waals surface area contributed by atoms with Crippen molar-refractivity contribution in [3.8, 4) is 23.1 Å². The number of nitrogens with zero attached hydrogens (tertiary/aromatic N) is 2. The first-order chi connectivity index (χ1) is 13.0. The lowest BCUT2D eigenvalue weighted by Crippen LogP contribution is -2.14. The second kappa shape index (κ2) is 8.01. The second-order valence-electron chi connectivity index (χ2n) is 5.45. The molecule has 3 rings (SSSR count). The average molecular weight is 385 g/mol. The minimum Gasteiger partial charge on any atom is -0.483 e. The summed E-state index contributed by atoms with van der Waals surface area (Å²) in [4.78, 5) is 18.8. The van der Waals surface area contributed by atoms with Crippen LogP contribution in [0.15, 0.2) is 52.4 Å². The maximum Gasteiger partial charge on any atom is 0.270 e. The van der Waals surface area contributed by atoms with Crippen molar-refractivity contribution in [1.82, 2.24) is 9.97 Å². The van der Waals surface area contributed by atoms with Crippen LogP contribution >= 0.6 is 11.8 Å². The van der Waals surface area contributed by atoms with E-state index >= 15 is 0 Å². The highest BCUT2D eigenvalue weighted by molar-refractivity contribution is 7.98. The van der Waals surface area contributed by atoms with Gasteiger partial charge in [-0.2, -0.15) is 5.26 Å². The minimum atomic E-state index is -0.775. The van der Waals surface area contributed by atoms with Crippen LogP contribution in [0.25, 0.3) is 11.3 Å². The van der Waals surface area contributed by atoms with Crippen molar-refractivity contribution >= 4 is 11.8 Å². The molecule has 5 nitrogen and oxygen atoms in total. The first-order valence-corrected chi connectivity index (χ1v) is 9.00. The van der Waals surface area contributed by atoms with Gasteiger partial charge in [0, 0.05) is 5.56 Å². The van der Waals surface area contributed by atoms with E-state index in [1.165, 1.54) is 17.8 Å². The van der Waals surface area contributed by atoms with E-state index in [0.29, 0.717) is 16.3 Å². The van der Waals surface area contributed by atoms with Crippen LogP contribution in [0.2, 0.25) is 0 Å². The zero-order valence-electron chi connectivity index (χ0n) is 14.1. The maximum atomic E-state index is 13.6. The summed E-state index contributed by atoms with van der Waals surface area (Å²) in [6.07, 6.45) is 1.76. The van der Waals surface area contributed by atoms with Gasteiger partial charge in [-0.3, -0.25) is 4.79 Å². The number of nitriles is 1. The van der Waals surface area contributed by atoms with E-state index in [-0.39, 0.29) is 17.9 Å². The summed E-state index contributed by atoms with van der Waals surface area (Å²) in [5, 5.41) is 9.63. The third kappa shape index (κ3) is 3.99. The molecule has 0 aliphatic heterocycles. The van der Waals surface area contributed by atoms with E-state index in [1.807, 2.05) is 6.07 Å². The fourth-order valence-electron chi connectivity index (χ4n) is 2.40. The molecule has 3 aromatic rings. The number of hydrogen-bond donors (Lipinski definition) is 1. The number of rotatable bonds is 5. The molecule has 0 unspecified atom stereocenters. The lowest BCUT2D eigenvalue weighted by molar-refractivity contribution is 0.274. The molecule has 0 fully saturated rings. The van der Waals surface area contributed by atoms with E-state index in [1.54, 1.807) is 30.5 Å². The van der Waals surface area contributed by atoms with E-state index < -0.39 is 22.9 Å². The number of benzene rings is 2. The Balaban J connectivity index is 1.85. The van der Waals surface area contributed by atoms with Crippen molar-refractivity contribution < 1.29 is 13.5 Å². The van der Waals surface area contributed by atoms with Gasteiger partial charge in [0.1, 0.15) is 18.2 Å². The van der Waals surface area contributed by atoms with E-state index in [9.17, 15) is 18.8 Å². The van der Waals surface area contributed by atoms with Crippen molar-refractivity contribution in [2.24, 2.45) is 0 Å². The largest absolute Gasteiger partial charge is 0.483 e. The molecule has 27 heavy (non-hydrogen) atoms. The number of aromatic nitrogens is 2. The molecular formula is C19H13F2N3O2S. The molecule has 0 aliphatic rings. The Morgan fingerprint density at radius 3 is 2.44 bits per heavy atom. The summed E-state index contributed by atoms with van der Waals surface area (Å²) in [5.74, 6) is -1.99. The topological polar surface area (TPSA) is 78.8 Å². The fraction of sp³-hybridized carbons (Fsp3) is 0.105. The second-order valence-corrected chi connectivity index (χ2v) is 6.24. The zero-order valence-corrected chi connectivity index (χ0v) is 14.9. The molecule has 0 saturated carbocycles. The monoisotopic (exact) mass is 385 g/mol. The van der Waals surface area contributed by atoms with Crippen molar-refractivity contribution in [1.29, 1.82) is 5.26 Å². The molecule has 1 aromatic heterocycles. The molecule has 0 bridgehead atoms. The lowest BCUT2D eigenvalue weighted by atomic mass is 10.1. The Bertz CT molecular complexity index is 1060. The third-order valence-electron chi connectivity index (χ3n) is 3.73. The lowest BCUT2D eigenvalue weighted by Gasteiger charge is -2.09. The molecule has 136 valence electrons. The van der Waals surface area contributed by atoms with E-state index in [4.69, 9.17) is 4.74 Å². The predicted molar refractivity (Wildman–Crippen MR) is 97.5 cm³/mol. The number of nitrogens with one attached hydrogen (secondary N) is 1. The minimum absolute atomic E-state index is 0.0396. The Labute approximate surface area is 157 Å². The van der Waals surface area contributed by atoms with Gasteiger partial charge in [0.05, 0.1) is 5.69 Å². The van der Waals surface area contributed by atoms with E-state index in [2.05, 4.69) is 9.97 Å². The molecule has 0 amide bonds.